The summed E-state index contributed by atoms with van der Waals surface area (Å²) in [6.45, 7) is 4.87. The van der Waals surface area contributed by atoms with Gasteiger partial charge in [0.2, 0.25) is 5.43 Å². The standard InChI is InChI=1S/C24H24F3N5O2/c1-16-14-21(33)22(29-32(16)18-7-5-6-17(15-18)24(25,26)27)23(34)28-19-8-3-4-9-20(19)31-12-10-30(2)11-13-31/h3-9,14-15H,10-13H2,1-2H3,(H,28,34). The van der Waals surface area contributed by atoms with Crippen LogP contribution in [0, 0.1) is 6.92 Å². The molecule has 0 radical (unpaired) electrons. The molecule has 178 valence electrons. The maximum Gasteiger partial charge on any atom is 0.416 e. The van der Waals surface area contributed by atoms with Crippen LogP contribution in [0.25, 0.3) is 5.69 Å². The minimum atomic E-state index is -4.53. The third-order valence-electron chi connectivity index (χ3n) is 5.74. The van der Waals surface area contributed by atoms with Crippen molar-refractivity contribution in [3.8, 4) is 5.69 Å². The average molecular weight is 471 g/mol. The molecular weight excluding hydrogens is 447 g/mol. The number of nitrogens with one attached hydrogen (secondary N) is 1. The number of carbonyl (C=O) groups is 1. The van der Waals surface area contributed by atoms with E-state index in [-0.39, 0.29) is 5.69 Å². The second-order valence-electron chi connectivity index (χ2n) is 8.22. The third kappa shape index (κ3) is 4.96. The minimum absolute atomic E-state index is 0.0965. The Labute approximate surface area is 194 Å². The van der Waals surface area contributed by atoms with Crippen molar-refractivity contribution in [2.75, 3.05) is 43.4 Å². The number of alkyl halides is 3. The number of aromatic nitrogens is 2. The highest BCUT2D eigenvalue weighted by molar-refractivity contribution is 6.04. The molecular formula is C24H24F3N5O2. The van der Waals surface area contributed by atoms with Crippen LogP contribution in [0.4, 0.5) is 24.5 Å². The topological polar surface area (TPSA) is 70.5 Å². The van der Waals surface area contributed by atoms with Crippen molar-refractivity contribution in [3.63, 3.8) is 0 Å². The van der Waals surface area contributed by atoms with Crippen LogP contribution in [0.15, 0.2) is 59.4 Å². The molecule has 1 saturated heterocycles. The molecule has 0 saturated carbocycles. The molecule has 0 bridgehead atoms. The Morgan fingerprint density at radius 3 is 2.41 bits per heavy atom. The Bertz CT molecular complexity index is 1260. The van der Waals surface area contributed by atoms with Gasteiger partial charge in [-0.15, -0.1) is 0 Å². The van der Waals surface area contributed by atoms with Crippen LogP contribution in [0.5, 0.6) is 0 Å². The number of carbonyl (C=O) groups excluding carboxylic acids is 1. The third-order valence-corrected chi connectivity index (χ3v) is 5.74. The van der Waals surface area contributed by atoms with Crippen LogP contribution in [0.3, 0.4) is 0 Å². The van der Waals surface area contributed by atoms with Crippen LogP contribution in [0.2, 0.25) is 0 Å². The van der Waals surface area contributed by atoms with Gasteiger partial charge < -0.3 is 15.1 Å². The lowest BCUT2D eigenvalue weighted by molar-refractivity contribution is -0.137. The number of rotatable bonds is 4. The molecule has 0 atom stereocenters. The molecule has 4 rings (SSSR count). The van der Waals surface area contributed by atoms with Crippen molar-refractivity contribution in [2.45, 2.75) is 13.1 Å². The van der Waals surface area contributed by atoms with Gasteiger partial charge in [0.05, 0.1) is 22.6 Å². The van der Waals surface area contributed by atoms with Crippen LogP contribution in [-0.4, -0.2) is 53.8 Å². The first-order valence-corrected chi connectivity index (χ1v) is 10.8. The van der Waals surface area contributed by atoms with Crippen LogP contribution >= 0.6 is 0 Å². The number of nitrogens with zero attached hydrogens (tertiary/aromatic N) is 4. The molecule has 0 unspecified atom stereocenters. The molecule has 1 aromatic heterocycles. The normalized spacial score (nSPS) is 14.8. The van der Waals surface area contributed by atoms with Crippen LogP contribution < -0.4 is 15.6 Å². The predicted octanol–water partition coefficient (Wildman–Crippen LogP) is 3.56. The van der Waals surface area contributed by atoms with Gasteiger partial charge in [0, 0.05) is 37.9 Å². The van der Waals surface area contributed by atoms with Crippen molar-refractivity contribution in [1.29, 1.82) is 0 Å². The molecule has 1 aliphatic rings. The zero-order chi connectivity index (χ0) is 24.5. The summed E-state index contributed by atoms with van der Waals surface area (Å²) >= 11 is 0. The number of aryl methyl sites for hydroxylation is 1. The fourth-order valence-corrected chi connectivity index (χ4v) is 3.86. The number of piperazine rings is 1. The monoisotopic (exact) mass is 471 g/mol. The highest BCUT2D eigenvalue weighted by Crippen LogP contribution is 2.30. The Morgan fingerprint density at radius 2 is 1.71 bits per heavy atom. The largest absolute Gasteiger partial charge is 0.416 e. The van der Waals surface area contributed by atoms with E-state index in [9.17, 15) is 22.8 Å². The van der Waals surface area contributed by atoms with Gasteiger partial charge in [-0.1, -0.05) is 18.2 Å². The van der Waals surface area contributed by atoms with Crippen molar-refractivity contribution in [3.05, 3.63) is 81.8 Å². The fourth-order valence-electron chi connectivity index (χ4n) is 3.86. The zero-order valence-electron chi connectivity index (χ0n) is 18.8. The molecule has 10 heteroatoms. The molecule has 2 heterocycles. The highest BCUT2D eigenvalue weighted by Gasteiger charge is 2.30. The van der Waals surface area contributed by atoms with E-state index in [2.05, 4.69) is 20.2 Å². The summed E-state index contributed by atoms with van der Waals surface area (Å²) in [5.41, 5.74) is -0.111. The van der Waals surface area contributed by atoms with Gasteiger partial charge in [-0.05, 0) is 44.3 Å². The molecule has 0 aliphatic carbocycles. The number of hydrogen-bond acceptors (Lipinski definition) is 5. The van der Waals surface area contributed by atoms with Gasteiger partial charge in [0.15, 0.2) is 5.69 Å². The van der Waals surface area contributed by atoms with E-state index < -0.39 is 28.8 Å². The molecule has 1 fully saturated rings. The van der Waals surface area contributed by atoms with E-state index in [1.54, 1.807) is 19.1 Å². The Morgan fingerprint density at radius 1 is 1.00 bits per heavy atom. The number of hydrogen-bond donors (Lipinski definition) is 1. The minimum Gasteiger partial charge on any atom is -0.367 e. The molecule has 34 heavy (non-hydrogen) atoms. The van der Waals surface area contributed by atoms with Crippen LogP contribution in [0.1, 0.15) is 21.7 Å². The van der Waals surface area contributed by atoms with Crippen molar-refractivity contribution in [1.82, 2.24) is 14.7 Å². The Hall–Kier alpha value is -3.66. The molecule has 1 amide bonds. The number of halogens is 3. The molecule has 2 aromatic carbocycles. The summed E-state index contributed by atoms with van der Waals surface area (Å²) in [6.07, 6.45) is -4.53. The average Bonchev–Trinajstić information content (AvgIpc) is 2.79. The van der Waals surface area contributed by atoms with Crippen LogP contribution in [-0.2, 0) is 6.18 Å². The number of likely N-dealkylation sites (N-methyl/N-ethyl adjacent to an activating group) is 1. The van der Waals surface area contributed by atoms with E-state index >= 15 is 0 Å². The maximum atomic E-state index is 13.2. The summed E-state index contributed by atoms with van der Waals surface area (Å²) in [6, 6.07) is 13.0. The first kappa shape index (κ1) is 23.5. The number of benzene rings is 2. The van der Waals surface area contributed by atoms with E-state index in [4.69, 9.17) is 0 Å². The number of amides is 1. The fraction of sp³-hybridized carbons (Fsp3) is 0.292. The van der Waals surface area contributed by atoms with E-state index in [1.165, 1.54) is 18.2 Å². The lowest BCUT2D eigenvalue weighted by Crippen LogP contribution is -2.44. The van der Waals surface area contributed by atoms with E-state index in [0.29, 0.717) is 11.4 Å². The lowest BCUT2D eigenvalue weighted by atomic mass is 10.2. The summed E-state index contributed by atoms with van der Waals surface area (Å²) in [7, 11) is 2.05. The molecule has 7 nitrogen and oxygen atoms in total. The van der Waals surface area contributed by atoms with Crippen molar-refractivity contribution < 1.29 is 18.0 Å². The second kappa shape index (κ2) is 9.30. The first-order chi connectivity index (χ1) is 16.1. The van der Waals surface area contributed by atoms with E-state index in [1.807, 2.05) is 19.2 Å². The number of anilines is 2. The van der Waals surface area contributed by atoms with Crippen molar-refractivity contribution >= 4 is 17.3 Å². The van der Waals surface area contributed by atoms with Gasteiger partial charge >= 0.3 is 6.18 Å². The molecule has 3 aromatic rings. The van der Waals surface area contributed by atoms with Gasteiger partial charge in [-0.3, -0.25) is 9.59 Å². The Balaban J connectivity index is 1.65. The number of para-hydroxylation sites is 2. The zero-order valence-corrected chi connectivity index (χ0v) is 18.8. The van der Waals surface area contributed by atoms with Crippen molar-refractivity contribution in [2.24, 2.45) is 0 Å². The quantitative estimate of drug-likeness (QED) is 0.630. The summed E-state index contributed by atoms with van der Waals surface area (Å²) in [5, 5.41) is 6.88. The van der Waals surface area contributed by atoms with E-state index in [0.717, 1.165) is 48.7 Å². The lowest BCUT2D eigenvalue weighted by Gasteiger charge is -2.35. The van der Waals surface area contributed by atoms with Gasteiger partial charge in [0.25, 0.3) is 5.91 Å². The smallest absolute Gasteiger partial charge is 0.367 e. The summed E-state index contributed by atoms with van der Waals surface area (Å²) < 4.78 is 40.6. The molecule has 1 N–H and O–H groups in total. The SMILES string of the molecule is Cc1cc(=O)c(C(=O)Nc2ccccc2N2CCN(C)CC2)nn1-c1cccc(C(F)(F)F)c1. The molecule has 0 spiro atoms. The maximum absolute atomic E-state index is 13.2. The van der Waals surface area contributed by atoms with Gasteiger partial charge in [-0.25, -0.2) is 4.68 Å². The second-order valence-corrected chi connectivity index (χ2v) is 8.22. The summed E-state index contributed by atoms with van der Waals surface area (Å²) in [5.74, 6) is -0.729. The molecule has 1 aliphatic heterocycles. The van der Waals surface area contributed by atoms with Gasteiger partial charge in [-0.2, -0.15) is 18.3 Å². The summed E-state index contributed by atoms with van der Waals surface area (Å²) in [4.78, 5) is 30.0. The predicted molar refractivity (Wildman–Crippen MR) is 124 cm³/mol. The van der Waals surface area contributed by atoms with Gasteiger partial charge in [0.1, 0.15) is 0 Å². The highest BCUT2D eigenvalue weighted by atomic mass is 19.4. The Kier molecular flexibility index (Phi) is 6.43. The first-order valence-electron chi connectivity index (χ1n) is 10.8.